The van der Waals surface area contributed by atoms with Gasteiger partial charge in [-0.15, -0.1) is 0 Å². The van der Waals surface area contributed by atoms with Crippen molar-refractivity contribution in [3.8, 4) is 0 Å². The number of nitrogens with one attached hydrogen (secondary N) is 2. The van der Waals surface area contributed by atoms with Gasteiger partial charge < -0.3 is 9.73 Å². The highest BCUT2D eigenvalue weighted by atomic mass is 79.9. The molecule has 2 aromatic rings. The van der Waals surface area contributed by atoms with Gasteiger partial charge in [0.1, 0.15) is 11.8 Å². The molecule has 9 heteroatoms. The van der Waals surface area contributed by atoms with Crippen LogP contribution in [0.2, 0.25) is 5.02 Å². The average molecular weight is 506 g/mol. The van der Waals surface area contributed by atoms with Gasteiger partial charge in [0, 0.05) is 16.7 Å². The molecule has 6 nitrogen and oxygen atoms in total. The molecule has 2 N–H and O–H groups in total. The van der Waals surface area contributed by atoms with Crippen LogP contribution in [-0.4, -0.2) is 24.1 Å². The number of hydrazone groups is 1. The maximum absolute atomic E-state index is 12.4. The smallest absolute Gasteiger partial charge is 0.262 e. The summed E-state index contributed by atoms with van der Waals surface area (Å²) in [5.41, 5.74) is 2.79. The molecule has 0 aliphatic rings. The van der Waals surface area contributed by atoms with Crippen molar-refractivity contribution in [2.45, 2.75) is 19.9 Å². The second-order valence-corrected chi connectivity index (χ2v) is 7.72. The summed E-state index contributed by atoms with van der Waals surface area (Å²) in [6.07, 6.45) is 1.36. The number of halogens is 3. The Morgan fingerprint density at radius 1 is 1.27 bits per heavy atom. The summed E-state index contributed by atoms with van der Waals surface area (Å²) in [5, 5.41) is 7.01. The molecular weight excluding hydrogens is 489 g/mol. The summed E-state index contributed by atoms with van der Waals surface area (Å²) in [6.45, 7) is 3.65. The SMILES string of the molecule is CC(C)C(NC(=O)c1cccc(Cl)c1)C(=O)NN=Cc1cc(Br)c(Br)o1. The second-order valence-electron chi connectivity index (χ2n) is 5.71. The topological polar surface area (TPSA) is 83.7 Å². The van der Waals surface area contributed by atoms with Crippen molar-refractivity contribution in [3.63, 3.8) is 0 Å². The number of amides is 2. The van der Waals surface area contributed by atoms with Gasteiger partial charge in [-0.2, -0.15) is 5.10 Å². The van der Waals surface area contributed by atoms with Crippen LogP contribution in [0.4, 0.5) is 0 Å². The Hall–Kier alpha value is -1.64. The van der Waals surface area contributed by atoms with Gasteiger partial charge in [-0.3, -0.25) is 9.59 Å². The Morgan fingerprint density at radius 3 is 2.58 bits per heavy atom. The molecule has 0 saturated heterocycles. The fourth-order valence-corrected chi connectivity index (χ4v) is 2.84. The number of carbonyl (C=O) groups is 2. The lowest BCUT2D eigenvalue weighted by Crippen LogP contribution is -2.48. The summed E-state index contributed by atoms with van der Waals surface area (Å²) in [4.78, 5) is 24.7. The van der Waals surface area contributed by atoms with Gasteiger partial charge in [0.05, 0.1) is 10.7 Å². The van der Waals surface area contributed by atoms with Crippen molar-refractivity contribution in [1.82, 2.24) is 10.7 Å². The van der Waals surface area contributed by atoms with Crippen molar-refractivity contribution >= 4 is 61.5 Å². The number of hydrogen-bond acceptors (Lipinski definition) is 4. The molecule has 1 atom stereocenters. The van der Waals surface area contributed by atoms with Gasteiger partial charge in [0.15, 0.2) is 4.67 Å². The normalized spacial score (nSPS) is 12.4. The third kappa shape index (κ3) is 5.69. The van der Waals surface area contributed by atoms with Crippen molar-refractivity contribution in [3.05, 3.63) is 55.8 Å². The molecule has 1 aromatic heterocycles. The molecule has 0 aliphatic carbocycles. The molecule has 0 aliphatic heterocycles. The van der Waals surface area contributed by atoms with Gasteiger partial charge in [-0.25, -0.2) is 5.43 Å². The predicted octanol–water partition coefficient (Wildman–Crippen LogP) is 4.36. The molecule has 0 bridgehead atoms. The Bertz CT molecular complexity index is 817. The molecule has 0 saturated carbocycles. The molecular formula is C17H16Br2ClN3O3. The Morgan fingerprint density at radius 2 is 2.00 bits per heavy atom. The van der Waals surface area contributed by atoms with Crippen LogP contribution < -0.4 is 10.7 Å². The van der Waals surface area contributed by atoms with E-state index in [2.05, 4.69) is 47.7 Å². The standard InChI is InChI=1S/C17H16Br2ClN3O3/c1-9(2)14(22-16(24)10-4-3-5-11(20)6-10)17(25)23-21-8-12-7-13(18)15(19)26-12/h3-9,14H,1-2H3,(H,22,24)(H,23,25). The van der Waals surface area contributed by atoms with Crippen LogP contribution >= 0.6 is 43.5 Å². The van der Waals surface area contributed by atoms with Crippen molar-refractivity contribution in [2.75, 3.05) is 0 Å². The quantitative estimate of drug-likeness (QED) is 0.452. The first-order valence-corrected chi connectivity index (χ1v) is 9.58. The van der Waals surface area contributed by atoms with Crippen molar-refractivity contribution < 1.29 is 14.0 Å². The number of rotatable bonds is 6. The van der Waals surface area contributed by atoms with Crippen molar-refractivity contribution in [1.29, 1.82) is 0 Å². The summed E-state index contributed by atoms with van der Waals surface area (Å²) in [6, 6.07) is 7.45. The van der Waals surface area contributed by atoms with E-state index >= 15 is 0 Å². The van der Waals surface area contributed by atoms with Gasteiger partial charge in [-0.05, 0) is 56.0 Å². The largest absolute Gasteiger partial charge is 0.447 e. The molecule has 138 valence electrons. The van der Waals surface area contributed by atoms with Gasteiger partial charge in [0.2, 0.25) is 0 Å². The maximum atomic E-state index is 12.4. The van der Waals surface area contributed by atoms with Crippen LogP contribution in [-0.2, 0) is 4.79 Å². The van der Waals surface area contributed by atoms with E-state index in [1.165, 1.54) is 12.3 Å². The summed E-state index contributed by atoms with van der Waals surface area (Å²) >= 11 is 12.4. The van der Waals surface area contributed by atoms with E-state index in [0.29, 0.717) is 21.0 Å². The molecule has 1 unspecified atom stereocenters. The molecule has 0 fully saturated rings. The van der Waals surface area contributed by atoms with Crippen LogP contribution in [0.3, 0.4) is 0 Å². The minimum Gasteiger partial charge on any atom is -0.447 e. The zero-order chi connectivity index (χ0) is 19.3. The first kappa shape index (κ1) is 20.7. The maximum Gasteiger partial charge on any atom is 0.262 e. The number of hydrogen-bond donors (Lipinski definition) is 2. The lowest BCUT2D eigenvalue weighted by Gasteiger charge is -2.20. The Labute approximate surface area is 172 Å². The number of carbonyl (C=O) groups excluding carboxylic acids is 2. The van der Waals surface area contributed by atoms with E-state index in [0.717, 1.165) is 4.47 Å². The second kappa shape index (κ2) is 9.34. The summed E-state index contributed by atoms with van der Waals surface area (Å²) in [5.74, 6) is -0.506. The lowest BCUT2D eigenvalue weighted by molar-refractivity contribution is -0.123. The Kier molecular flexibility index (Phi) is 7.43. The highest BCUT2D eigenvalue weighted by Crippen LogP contribution is 2.25. The van der Waals surface area contributed by atoms with Crippen molar-refractivity contribution in [2.24, 2.45) is 11.0 Å². The monoisotopic (exact) mass is 503 g/mol. The van der Waals surface area contributed by atoms with Crippen LogP contribution in [0.1, 0.15) is 30.0 Å². The van der Waals surface area contributed by atoms with Gasteiger partial charge in [0.25, 0.3) is 11.8 Å². The first-order chi connectivity index (χ1) is 12.3. The summed E-state index contributed by atoms with van der Waals surface area (Å²) < 4.78 is 6.59. The fraction of sp³-hybridized carbons (Fsp3) is 0.235. The van der Waals surface area contributed by atoms with Crippen LogP contribution in [0.5, 0.6) is 0 Å². The highest BCUT2D eigenvalue weighted by Gasteiger charge is 2.24. The first-order valence-electron chi connectivity index (χ1n) is 7.62. The van der Waals surface area contributed by atoms with Crippen LogP contribution in [0, 0.1) is 5.92 Å². The lowest BCUT2D eigenvalue weighted by atomic mass is 10.0. The van der Waals surface area contributed by atoms with E-state index in [4.69, 9.17) is 16.0 Å². The molecule has 0 spiro atoms. The molecule has 26 heavy (non-hydrogen) atoms. The van der Waals surface area contributed by atoms with Crippen LogP contribution in [0.15, 0.2) is 49.0 Å². The molecule has 0 radical (unpaired) electrons. The molecule has 1 heterocycles. The highest BCUT2D eigenvalue weighted by molar-refractivity contribution is 9.13. The molecule has 2 amide bonds. The van der Waals surface area contributed by atoms with E-state index in [-0.39, 0.29) is 11.8 Å². The number of furan rings is 1. The molecule has 1 aromatic carbocycles. The minimum absolute atomic E-state index is 0.139. The Balaban J connectivity index is 2.01. The number of benzene rings is 1. The van der Waals surface area contributed by atoms with E-state index in [9.17, 15) is 9.59 Å². The third-order valence-corrected chi connectivity index (χ3v) is 5.30. The predicted molar refractivity (Wildman–Crippen MR) is 107 cm³/mol. The van der Waals surface area contributed by atoms with Gasteiger partial charge >= 0.3 is 0 Å². The minimum atomic E-state index is -0.756. The van der Waals surface area contributed by atoms with E-state index in [1.54, 1.807) is 24.3 Å². The van der Waals surface area contributed by atoms with Crippen LogP contribution in [0.25, 0.3) is 0 Å². The van der Waals surface area contributed by atoms with E-state index in [1.807, 2.05) is 13.8 Å². The number of nitrogens with zero attached hydrogens (tertiary/aromatic N) is 1. The van der Waals surface area contributed by atoms with E-state index < -0.39 is 11.9 Å². The fourth-order valence-electron chi connectivity index (χ4n) is 2.05. The van der Waals surface area contributed by atoms with Gasteiger partial charge in [-0.1, -0.05) is 31.5 Å². The average Bonchev–Trinajstić information content (AvgIpc) is 2.90. The molecule has 2 rings (SSSR count). The third-order valence-electron chi connectivity index (χ3n) is 3.35. The zero-order valence-electron chi connectivity index (χ0n) is 13.9. The zero-order valence-corrected chi connectivity index (χ0v) is 17.9. The summed E-state index contributed by atoms with van der Waals surface area (Å²) in [7, 11) is 0.